The molecule has 0 heterocycles. The lowest BCUT2D eigenvalue weighted by Crippen LogP contribution is -2.51. The summed E-state index contributed by atoms with van der Waals surface area (Å²) in [4.78, 5) is 22.6. The van der Waals surface area contributed by atoms with E-state index in [-0.39, 0.29) is 10.8 Å². The number of hydrogen-bond acceptors (Lipinski definition) is 2. The first-order valence-electron chi connectivity index (χ1n) is 8.77. The molecule has 0 saturated heterocycles. The number of hydrogen-bond donors (Lipinski definition) is 1. The Morgan fingerprint density at radius 1 is 1.39 bits per heavy atom. The fraction of sp³-hybridized carbons (Fsp3) is 0.700. The van der Waals surface area contributed by atoms with Crippen LogP contribution in [0, 0.1) is 22.7 Å². The zero-order valence-electron chi connectivity index (χ0n) is 14.7. The summed E-state index contributed by atoms with van der Waals surface area (Å²) in [6, 6.07) is 0. The Balaban J connectivity index is 2.22. The molecule has 0 spiro atoms. The molecule has 0 unspecified atom stereocenters. The minimum atomic E-state index is -0.875. The summed E-state index contributed by atoms with van der Waals surface area (Å²) in [6.45, 7) is 10.7. The quantitative estimate of drug-likeness (QED) is 0.451. The Morgan fingerprint density at radius 3 is 2.70 bits per heavy atom. The average Bonchev–Trinajstić information content (AvgIpc) is 2.45. The summed E-state index contributed by atoms with van der Waals surface area (Å²) < 4.78 is 0. The molecule has 0 aromatic rings. The Kier molecular flexibility index (Phi) is 5.17. The molecular formula is C20H30O3. The van der Waals surface area contributed by atoms with Gasteiger partial charge in [0, 0.05) is 11.5 Å². The highest BCUT2D eigenvalue weighted by atomic mass is 16.4. The van der Waals surface area contributed by atoms with E-state index in [0.29, 0.717) is 11.8 Å². The molecule has 4 atom stereocenters. The predicted octanol–water partition coefficient (Wildman–Crippen LogP) is 4.78. The maximum Gasteiger partial charge on any atom is 0.328 e. The first-order valence-corrected chi connectivity index (χ1v) is 8.77. The number of carbonyl (C=O) groups is 2. The van der Waals surface area contributed by atoms with Crippen LogP contribution in [0.1, 0.15) is 65.7 Å². The molecule has 2 rings (SSSR count). The van der Waals surface area contributed by atoms with Gasteiger partial charge in [0.25, 0.3) is 0 Å². The number of rotatable bonds is 5. The van der Waals surface area contributed by atoms with Gasteiger partial charge in [-0.05, 0) is 62.7 Å². The lowest BCUT2D eigenvalue weighted by Gasteiger charge is -2.57. The molecule has 2 aliphatic carbocycles. The Bertz CT molecular complexity index is 533. The minimum absolute atomic E-state index is 0.118. The van der Waals surface area contributed by atoms with E-state index in [2.05, 4.69) is 20.4 Å². The van der Waals surface area contributed by atoms with Crippen LogP contribution in [-0.4, -0.2) is 17.4 Å². The molecular weight excluding hydrogens is 288 g/mol. The monoisotopic (exact) mass is 318 g/mol. The van der Waals surface area contributed by atoms with Crippen LogP contribution in [0.15, 0.2) is 23.8 Å². The number of carbonyl (C=O) groups excluding carboxylic acids is 1. The fourth-order valence-electron chi connectivity index (χ4n) is 5.33. The highest BCUT2D eigenvalue weighted by Gasteiger charge is 2.54. The Labute approximate surface area is 139 Å². The summed E-state index contributed by atoms with van der Waals surface area (Å²) in [5.74, 6) is -0.0706. The maximum atomic E-state index is 11.8. The smallest absolute Gasteiger partial charge is 0.328 e. The van der Waals surface area contributed by atoms with Crippen molar-refractivity contribution in [2.45, 2.75) is 65.7 Å². The molecule has 0 aromatic heterocycles. The predicted molar refractivity (Wildman–Crippen MR) is 92.1 cm³/mol. The van der Waals surface area contributed by atoms with Gasteiger partial charge >= 0.3 is 5.97 Å². The number of carboxylic acids is 1. The Hall–Kier alpha value is -1.38. The number of fused-ring (bicyclic) bond motifs is 1. The molecule has 2 saturated carbocycles. The second kappa shape index (κ2) is 6.62. The normalized spacial score (nSPS) is 38.0. The van der Waals surface area contributed by atoms with E-state index in [1.165, 1.54) is 17.9 Å². The Morgan fingerprint density at radius 2 is 2.09 bits per heavy atom. The topological polar surface area (TPSA) is 54.4 Å². The number of aliphatic carboxylic acids is 1. The summed E-state index contributed by atoms with van der Waals surface area (Å²) in [5.41, 5.74) is 2.11. The van der Waals surface area contributed by atoms with Crippen LogP contribution in [0.4, 0.5) is 0 Å². The zero-order chi connectivity index (χ0) is 17.3. The van der Waals surface area contributed by atoms with Crippen molar-refractivity contribution < 1.29 is 14.7 Å². The van der Waals surface area contributed by atoms with Crippen LogP contribution in [0.2, 0.25) is 0 Å². The first-order chi connectivity index (χ1) is 10.7. The maximum absolute atomic E-state index is 11.8. The molecule has 0 amide bonds. The molecule has 23 heavy (non-hydrogen) atoms. The van der Waals surface area contributed by atoms with Crippen LogP contribution in [-0.2, 0) is 9.59 Å². The summed E-state index contributed by atoms with van der Waals surface area (Å²) in [6.07, 6.45) is 9.52. The molecule has 3 nitrogen and oxygen atoms in total. The molecule has 128 valence electrons. The van der Waals surface area contributed by atoms with Crippen molar-refractivity contribution in [1.29, 1.82) is 0 Å². The van der Waals surface area contributed by atoms with Gasteiger partial charge in [-0.15, -0.1) is 0 Å². The standard InChI is InChI=1S/C20H30O3/c1-14(12-18(22)23)6-8-16-15(2)7-9-17-19(3,13-21)10-5-11-20(16,17)4/h12-13,16-17H,2,5-11H2,1,3-4H3,(H,22,23)/t16-,17-,19+,20+/m0/s1. The molecule has 0 bridgehead atoms. The zero-order valence-corrected chi connectivity index (χ0v) is 14.7. The van der Waals surface area contributed by atoms with Gasteiger partial charge in [0.05, 0.1) is 0 Å². The van der Waals surface area contributed by atoms with Crippen molar-refractivity contribution in [3.8, 4) is 0 Å². The molecule has 2 aliphatic rings. The summed E-state index contributed by atoms with van der Waals surface area (Å²) >= 11 is 0. The van der Waals surface area contributed by atoms with Crippen molar-refractivity contribution in [2.75, 3.05) is 0 Å². The largest absolute Gasteiger partial charge is 0.478 e. The molecule has 3 heteroatoms. The highest BCUT2D eigenvalue weighted by Crippen LogP contribution is 2.61. The van der Waals surface area contributed by atoms with Crippen LogP contribution in [0.3, 0.4) is 0 Å². The number of carboxylic acid groups (broad SMARTS) is 1. The van der Waals surface area contributed by atoms with Gasteiger partial charge in [-0.1, -0.05) is 38.0 Å². The van der Waals surface area contributed by atoms with E-state index in [4.69, 9.17) is 5.11 Å². The van der Waals surface area contributed by atoms with Gasteiger partial charge in [-0.25, -0.2) is 4.79 Å². The second-order valence-corrected chi connectivity index (χ2v) is 8.15. The van der Waals surface area contributed by atoms with Crippen LogP contribution < -0.4 is 0 Å². The van der Waals surface area contributed by atoms with E-state index < -0.39 is 5.97 Å². The van der Waals surface area contributed by atoms with E-state index in [0.717, 1.165) is 50.5 Å². The van der Waals surface area contributed by atoms with E-state index in [9.17, 15) is 9.59 Å². The molecule has 0 aromatic carbocycles. The van der Waals surface area contributed by atoms with E-state index in [1.807, 2.05) is 6.92 Å². The van der Waals surface area contributed by atoms with Crippen molar-refractivity contribution in [2.24, 2.45) is 22.7 Å². The van der Waals surface area contributed by atoms with Crippen molar-refractivity contribution >= 4 is 12.3 Å². The lowest BCUT2D eigenvalue weighted by atomic mass is 9.47. The number of aldehydes is 1. The van der Waals surface area contributed by atoms with Gasteiger partial charge in [0.1, 0.15) is 6.29 Å². The van der Waals surface area contributed by atoms with Gasteiger partial charge < -0.3 is 9.90 Å². The fourth-order valence-corrected chi connectivity index (χ4v) is 5.33. The van der Waals surface area contributed by atoms with Crippen molar-refractivity contribution in [3.05, 3.63) is 23.8 Å². The molecule has 2 fully saturated rings. The lowest BCUT2D eigenvalue weighted by molar-refractivity contribution is -0.132. The summed E-state index contributed by atoms with van der Waals surface area (Å²) in [5, 5.41) is 8.88. The summed E-state index contributed by atoms with van der Waals surface area (Å²) in [7, 11) is 0. The second-order valence-electron chi connectivity index (χ2n) is 8.15. The molecule has 0 aliphatic heterocycles. The van der Waals surface area contributed by atoms with Gasteiger partial charge in [-0.2, -0.15) is 0 Å². The average molecular weight is 318 g/mol. The minimum Gasteiger partial charge on any atom is -0.478 e. The van der Waals surface area contributed by atoms with Gasteiger partial charge in [-0.3, -0.25) is 0 Å². The van der Waals surface area contributed by atoms with E-state index in [1.54, 1.807) is 0 Å². The highest BCUT2D eigenvalue weighted by molar-refractivity contribution is 5.80. The number of allylic oxidation sites excluding steroid dienone is 2. The van der Waals surface area contributed by atoms with Crippen LogP contribution >= 0.6 is 0 Å². The third kappa shape index (κ3) is 3.44. The molecule has 0 radical (unpaired) electrons. The van der Waals surface area contributed by atoms with Crippen LogP contribution in [0.5, 0.6) is 0 Å². The molecule has 1 N–H and O–H groups in total. The van der Waals surface area contributed by atoms with Crippen molar-refractivity contribution in [1.82, 2.24) is 0 Å². The SMILES string of the molecule is C=C1CC[C@@H]2[C@](C)(CCC[C@]2(C)C=O)[C@H]1CCC(C)=CC(=O)O. The van der Waals surface area contributed by atoms with Gasteiger partial charge in [0.15, 0.2) is 0 Å². The van der Waals surface area contributed by atoms with Crippen LogP contribution in [0.25, 0.3) is 0 Å². The third-order valence-electron chi connectivity index (χ3n) is 6.53. The third-order valence-corrected chi connectivity index (χ3v) is 6.53. The first kappa shape index (κ1) is 18.0. The van der Waals surface area contributed by atoms with Gasteiger partial charge in [0.2, 0.25) is 0 Å². The van der Waals surface area contributed by atoms with E-state index >= 15 is 0 Å². The van der Waals surface area contributed by atoms with Crippen molar-refractivity contribution in [3.63, 3.8) is 0 Å².